The quantitative estimate of drug-likeness (QED) is 0.446. The number of fused-ring (bicyclic) bond motifs is 1. The van der Waals surface area contributed by atoms with Gasteiger partial charge in [0.1, 0.15) is 4.90 Å². The Morgan fingerprint density at radius 3 is 2.65 bits per heavy atom. The zero-order valence-corrected chi connectivity index (χ0v) is 17.9. The molecule has 0 unspecified atom stereocenters. The summed E-state index contributed by atoms with van der Waals surface area (Å²) in [6.07, 6.45) is 1.57. The number of ether oxygens (including phenoxy) is 2. The van der Waals surface area contributed by atoms with Gasteiger partial charge in [0.2, 0.25) is 15.8 Å². The monoisotopic (exact) mass is 462 g/mol. The number of Topliss-reactive ketones (excluding diaryl/α,β-unsaturated/α-hetero) is 1. The minimum Gasteiger partial charge on any atom is -0.454 e. The van der Waals surface area contributed by atoms with Crippen LogP contribution in [0.5, 0.6) is 0 Å². The highest BCUT2D eigenvalue weighted by molar-refractivity contribution is 7.89. The lowest BCUT2D eigenvalue weighted by molar-refractivity contribution is 0.0475. The minimum absolute atomic E-state index is 0.00193. The Balaban J connectivity index is 1.50. The molecule has 31 heavy (non-hydrogen) atoms. The van der Waals surface area contributed by atoms with Gasteiger partial charge in [-0.25, -0.2) is 13.2 Å². The van der Waals surface area contributed by atoms with Crippen LogP contribution in [0.3, 0.4) is 0 Å². The summed E-state index contributed by atoms with van der Waals surface area (Å²) >= 11 is 6.11. The summed E-state index contributed by atoms with van der Waals surface area (Å²) in [6, 6.07) is 11.1. The number of carbonyl (C=O) groups is 2. The lowest BCUT2D eigenvalue weighted by atomic mass is 10.1. The van der Waals surface area contributed by atoms with E-state index in [1.165, 1.54) is 22.5 Å². The number of esters is 1. The molecular formula is C21H19ClN2O6S. The van der Waals surface area contributed by atoms with Crippen molar-refractivity contribution in [2.75, 3.05) is 32.9 Å². The molecule has 2 aromatic carbocycles. The Morgan fingerprint density at radius 1 is 1.13 bits per heavy atom. The zero-order valence-electron chi connectivity index (χ0n) is 16.3. The second kappa shape index (κ2) is 8.80. The number of ketones is 1. The average Bonchev–Trinajstić information content (AvgIpc) is 3.22. The molecule has 0 saturated carbocycles. The maximum Gasteiger partial charge on any atom is 0.338 e. The second-order valence-corrected chi connectivity index (χ2v) is 9.22. The summed E-state index contributed by atoms with van der Waals surface area (Å²) in [4.78, 5) is 27.8. The molecule has 4 rings (SSSR count). The van der Waals surface area contributed by atoms with Crippen LogP contribution in [-0.2, 0) is 19.5 Å². The van der Waals surface area contributed by atoms with Gasteiger partial charge in [0.05, 0.1) is 23.8 Å². The summed E-state index contributed by atoms with van der Waals surface area (Å²) in [7, 11) is -3.90. The molecule has 0 atom stereocenters. The normalized spacial score (nSPS) is 15.1. The molecule has 0 aliphatic carbocycles. The highest BCUT2D eigenvalue weighted by atomic mass is 35.5. The topological polar surface area (TPSA) is 106 Å². The Labute approximate surface area is 183 Å². The number of para-hydroxylation sites is 1. The fourth-order valence-electron chi connectivity index (χ4n) is 3.35. The number of morpholine rings is 1. The molecule has 0 bridgehead atoms. The molecule has 162 valence electrons. The predicted octanol–water partition coefficient (Wildman–Crippen LogP) is 2.88. The largest absolute Gasteiger partial charge is 0.454 e. The third kappa shape index (κ3) is 4.35. The SMILES string of the molecule is O=C(OCC(=O)c1c[nH]c2ccccc12)c1ccc(Cl)c(S(=O)(=O)N2CCOCC2)c1. The molecule has 1 aliphatic heterocycles. The van der Waals surface area contributed by atoms with E-state index in [0.29, 0.717) is 5.56 Å². The smallest absolute Gasteiger partial charge is 0.338 e. The van der Waals surface area contributed by atoms with E-state index in [-0.39, 0.29) is 47.6 Å². The molecule has 0 amide bonds. The van der Waals surface area contributed by atoms with Crippen LogP contribution in [0, 0.1) is 0 Å². The number of hydrogen-bond donors (Lipinski definition) is 1. The van der Waals surface area contributed by atoms with Crippen molar-refractivity contribution in [3.05, 3.63) is 64.8 Å². The number of aromatic nitrogens is 1. The lowest BCUT2D eigenvalue weighted by Gasteiger charge is -2.26. The molecule has 1 aromatic heterocycles. The van der Waals surface area contributed by atoms with Crippen LogP contribution in [-0.4, -0.2) is 62.4 Å². The van der Waals surface area contributed by atoms with Crippen LogP contribution in [0.1, 0.15) is 20.7 Å². The molecule has 1 aliphatic rings. The van der Waals surface area contributed by atoms with Crippen LogP contribution >= 0.6 is 11.6 Å². The average molecular weight is 463 g/mol. The van der Waals surface area contributed by atoms with E-state index in [4.69, 9.17) is 21.1 Å². The first-order valence-corrected chi connectivity index (χ1v) is 11.3. The van der Waals surface area contributed by atoms with Gasteiger partial charge in [-0.05, 0) is 24.3 Å². The first-order chi connectivity index (χ1) is 14.9. The fourth-order valence-corrected chi connectivity index (χ4v) is 5.26. The molecule has 1 fully saturated rings. The third-order valence-corrected chi connectivity index (χ3v) is 7.36. The number of carbonyl (C=O) groups excluding carboxylic acids is 2. The minimum atomic E-state index is -3.90. The summed E-state index contributed by atoms with van der Waals surface area (Å²) in [5.74, 6) is -1.19. The maximum atomic E-state index is 12.9. The first kappa shape index (κ1) is 21.5. The van der Waals surface area contributed by atoms with Crippen LogP contribution in [0.2, 0.25) is 5.02 Å². The van der Waals surface area contributed by atoms with Crippen molar-refractivity contribution >= 4 is 44.3 Å². The highest BCUT2D eigenvalue weighted by Crippen LogP contribution is 2.27. The van der Waals surface area contributed by atoms with Crippen LogP contribution in [0.4, 0.5) is 0 Å². The molecule has 3 aromatic rings. The summed E-state index contributed by atoms with van der Waals surface area (Å²) < 4.78 is 37.4. The van der Waals surface area contributed by atoms with Crippen molar-refractivity contribution in [3.63, 3.8) is 0 Å². The predicted molar refractivity (Wildman–Crippen MR) is 114 cm³/mol. The number of nitrogens with one attached hydrogen (secondary N) is 1. The first-order valence-electron chi connectivity index (χ1n) is 9.52. The molecule has 1 N–H and O–H groups in total. The maximum absolute atomic E-state index is 12.9. The summed E-state index contributed by atoms with van der Waals surface area (Å²) in [5.41, 5.74) is 1.20. The molecule has 0 radical (unpaired) electrons. The Morgan fingerprint density at radius 2 is 1.87 bits per heavy atom. The van der Waals surface area contributed by atoms with E-state index in [1.807, 2.05) is 18.2 Å². The van der Waals surface area contributed by atoms with Crippen molar-refractivity contribution in [2.24, 2.45) is 0 Å². The standard InChI is InChI=1S/C21H19ClN2O6S/c22-17-6-5-14(11-20(17)31(27,28)24-7-9-29-10-8-24)21(26)30-13-19(25)16-12-23-18-4-2-1-3-15(16)18/h1-6,11-12,23H,7-10,13H2. The van der Waals surface area contributed by atoms with Gasteiger partial charge in [0, 0.05) is 35.8 Å². The lowest BCUT2D eigenvalue weighted by Crippen LogP contribution is -2.40. The number of nitrogens with zero attached hydrogens (tertiary/aromatic N) is 1. The van der Waals surface area contributed by atoms with Gasteiger partial charge in [0.15, 0.2) is 6.61 Å². The van der Waals surface area contributed by atoms with Crippen LogP contribution < -0.4 is 0 Å². The van der Waals surface area contributed by atoms with E-state index >= 15 is 0 Å². The van der Waals surface area contributed by atoms with E-state index in [9.17, 15) is 18.0 Å². The van der Waals surface area contributed by atoms with Crippen molar-refractivity contribution < 1.29 is 27.5 Å². The van der Waals surface area contributed by atoms with E-state index < -0.39 is 22.6 Å². The Hall–Kier alpha value is -2.72. The second-order valence-electron chi connectivity index (χ2n) is 6.91. The number of benzene rings is 2. The molecular weight excluding hydrogens is 444 g/mol. The van der Waals surface area contributed by atoms with Crippen LogP contribution in [0.25, 0.3) is 10.9 Å². The van der Waals surface area contributed by atoms with Gasteiger partial charge < -0.3 is 14.5 Å². The molecule has 10 heteroatoms. The van der Waals surface area contributed by atoms with Gasteiger partial charge in [-0.3, -0.25) is 4.79 Å². The van der Waals surface area contributed by atoms with Crippen molar-refractivity contribution in [3.8, 4) is 0 Å². The van der Waals surface area contributed by atoms with Crippen LogP contribution in [0.15, 0.2) is 53.6 Å². The number of sulfonamides is 1. The van der Waals surface area contributed by atoms with Gasteiger partial charge in [-0.2, -0.15) is 4.31 Å². The van der Waals surface area contributed by atoms with Crippen molar-refractivity contribution in [1.29, 1.82) is 0 Å². The number of halogens is 1. The van der Waals surface area contributed by atoms with Gasteiger partial charge in [-0.1, -0.05) is 29.8 Å². The summed E-state index contributed by atoms with van der Waals surface area (Å²) in [6.45, 7) is 0.497. The van der Waals surface area contributed by atoms with E-state index in [1.54, 1.807) is 12.3 Å². The number of H-pyrrole nitrogens is 1. The molecule has 2 heterocycles. The molecule has 1 saturated heterocycles. The van der Waals surface area contributed by atoms with Crippen molar-refractivity contribution in [2.45, 2.75) is 4.90 Å². The fraction of sp³-hybridized carbons (Fsp3) is 0.238. The Kier molecular flexibility index (Phi) is 6.10. The number of aromatic amines is 1. The van der Waals surface area contributed by atoms with Gasteiger partial charge in [0.25, 0.3) is 0 Å². The van der Waals surface area contributed by atoms with E-state index in [0.717, 1.165) is 10.9 Å². The Bertz CT molecular complexity index is 1250. The number of hydrogen-bond acceptors (Lipinski definition) is 6. The summed E-state index contributed by atoms with van der Waals surface area (Å²) in [5, 5.41) is 0.729. The third-order valence-electron chi connectivity index (χ3n) is 4.98. The zero-order chi connectivity index (χ0) is 22.0. The number of rotatable bonds is 6. The molecule has 0 spiro atoms. The highest BCUT2D eigenvalue weighted by Gasteiger charge is 2.29. The van der Waals surface area contributed by atoms with Gasteiger partial charge in [-0.15, -0.1) is 0 Å². The van der Waals surface area contributed by atoms with Crippen molar-refractivity contribution in [1.82, 2.24) is 9.29 Å². The van der Waals surface area contributed by atoms with E-state index in [2.05, 4.69) is 4.98 Å². The van der Waals surface area contributed by atoms with Gasteiger partial charge >= 0.3 is 5.97 Å². The molecule has 8 nitrogen and oxygen atoms in total.